The number of rotatable bonds is 5. The lowest BCUT2D eigenvalue weighted by Gasteiger charge is -2.30. The first-order valence-corrected chi connectivity index (χ1v) is 14.6. The van der Waals surface area contributed by atoms with Gasteiger partial charge in [0.2, 0.25) is 11.0 Å². The number of nitrogens with one attached hydrogen (secondary N) is 1. The number of halogens is 1. The summed E-state index contributed by atoms with van der Waals surface area (Å²) in [5.41, 5.74) is 4.05. The zero-order valence-electron chi connectivity index (χ0n) is 19.4. The Bertz CT molecular complexity index is 1490. The topological polar surface area (TPSA) is 97.2 Å². The Morgan fingerprint density at radius 3 is 2.49 bits per heavy atom. The fourth-order valence-corrected chi connectivity index (χ4v) is 8.26. The van der Waals surface area contributed by atoms with E-state index in [4.69, 9.17) is 16.6 Å². The number of carbonyl (C=O) groups excluding carboxylic acids is 1. The molecule has 0 atom stereocenters. The van der Waals surface area contributed by atoms with Crippen LogP contribution >= 0.6 is 34.3 Å². The number of anilines is 1. The van der Waals surface area contributed by atoms with E-state index in [1.807, 2.05) is 13.0 Å². The van der Waals surface area contributed by atoms with E-state index in [1.165, 1.54) is 32.8 Å². The van der Waals surface area contributed by atoms with Crippen LogP contribution in [0.3, 0.4) is 0 Å². The summed E-state index contributed by atoms with van der Waals surface area (Å²) in [5, 5.41) is 8.24. The molecule has 1 N–H and O–H groups in total. The first kappa shape index (κ1) is 24.4. The van der Waals surface area contributed by atoms with Crippen molar-refractivity contribution in [2.45, 2.75) is 37.8 Å². The summed E-state index contributed by atoms with van der Waals surface area (Å²) in [6.45, 7) is 6.57. The van der Waals surface area contributed by atoms with E-state index in [9.17, 15) is 13.2 Å². The molecule has 0 saturated carbocycles. The highest BCUT2D eigenvalue weighted by Crippen LogP contribution is 2.32. The molecule has 0 spiro atoms. The number of thiophene rings is 1. The van der Waals surface area contributed by atoms with Gasteiger partial charge in [-0.1, -0.05) is 22.9 Å². The van der Waals surface area contributed by atoms with Crippen LogP contribution in [0.2, 0.25) is 4.34 Å². The largest absolute Gasteiger partial charge is 0.310 e. The van der Waals surface area contributed by atoms with Crippen molar-refractivity contribution in [3.8, 4) is 5.13 Å². The Morgan fingerprint density at radius 1 is 1.09 bits per heavy atom. The molecule has 1 saturated heterocycles. The third-order valence-corrected chi connectivity index (χ3v) is 10.8. The summed E-state index contributed by atoms with van der Waals surface area (Å²) in [7, 11) is -3.59. The van der Waals surface area contributed by atoms with Crippen LogP contribution in [-0.4, -0.2) is 46.5 Å². The van der Waals surface area contributed by atoms with Crippen molar-refractivity contribution < 1.29 is 13.2 Å². The molecular formula is C23H24ClN5O3S3. The molecule has 1 amide bonds. The van der Waals surface area contributed by atoms with Crippen LogP contribution in [0.4, 0.5) is 5.82 Å². The zero-order chi connectivity index (χ0) is 24.9. The second kappa shape index (κ2) is 9.29. The molecule has 35 heavy (non-hydrogen) atoms. The van der Waals surface area contributed by atoms with E-state index < -0.39 is 10.0 Å². The molecule has 0 aliphatic carbocycles. The third kappa shape index (κ3) is 4.75. The van der Waals surface area contributed by atoms with Crippen LogP contribution in [0.5, 0.6) is 0 Å². The van der Waals surface area contributed by atoms with Crippen molar-refractivity contribution in [1.29, 1.82) is 0 Å². The molecule has 5 rings (SSSR count). The van der Waals surface area contributed by atoms with E-state index in [1.54, 1.807) is 10.7 Å². The van der Waals surface area contributed by atoms with E-state index in [-0.39, 0.29) is 29.1 Å². The summed E-state index contributed by atoms with van der Waals surface area (Å²) in [5.74, 6) is 0.121. The predicted molar refractivity (Wildman–Crippen MR) is 140 cm³/mol. The van der Waals surface area contributed by atoms with Gasteiger partial charge >= 0.3 is 0 Å². The van der Waals surface area contributed by atoms with Gasteiger partial charge in [0.1, 0.15) is 10.0 Å². The minimum Gasteiger partial charge on any atom is -0.310 e. The Hall–Kier alpha value is -2.31. The maximum Gasteiger partial charge on any atom is 0.252 e. The minimum atomic E-state index is -3.59. The number of aromatic nitrogens is 3. The molecule has 4 heterocycles. The molecule has 0 unspecified atom stereocenters. The average molecular weight is 550 g/mol. The van der Waals surface area contributed by atoms with Crippen LogP contribution in [0.25, 0.3) is 15.3 Å². The Morgan fingerprint density at radius 2 is 1.80 bits per heavy atom. The Balaban J connectivity index is 1.30. The SMILES string of the molecule is Cc1cc(NC(=O)C2CCN(S(=O)(=O)c3ccc(Cl)s3)CC2)n(-c2nc3cc(C)c(C)cc3s2)n1. The van der Waals surface area contributed by atoms with Crippen LogP contribution < -0.4 is 5.32 Å². The maximum absolute atomic E-state index is 13.1. The van der Waals surface area contributed by atoms with Gasteiger partial charge in [0.05, 0.1) is 20.2 Å². The van der Waals surface area contributed by atoms with Gasteiger partial charge in [0.25, 0.3) is 10.0 Å². The van der Waals surface area contributed by atoms with Crippen molar-refractivity contribution >= 4 is 66.2 Å². The fourth-order valence-electron chi connectivity index (χ4n) is 4.14. The number of sulfonamides is 1. The predicted octanol–water partition coefficient (Wildman–Crippen LogP) is 5.16. The number of aryl methyl sites for hydroxylation is 3. The Kier molecular flexibility index (Phi) is 6.47. The van der Waals surface area contributed by atoms with Gasteiger partial charge in [-0.3, -0.25) is 4.79 Å². The van der Waals surface area contributed by atoms with Crippen LogP contribution in [0, 0.1) is 26.7 Å². The molecule has 184 valence electrons. The van der Waals surface area contributed by atoms with Crippen molar-refractivity contribution in [3.05, 3.63) is 51.5 Å². The summed E-state index contributed by atoms with van der Waals surface area (Å²) in [6.07, 6.45) is 0.883. The number of carbonyl (C=O) groups is 1. The van der Waals surface area contributed by atoms with Crippen LogP contribution in [0.1, 0.15) is 29.7 Å². The first-order chi connectivity index (χ1) is 16.6. The normalized spacial score (nSPS) is 15.7. The number of thiazole rings is 1. The lowest BCUT2D eigenvalue weighted by Crippen LogP contribution is -2.41. The number of piperidine rings is 1. The zero-order valence-corrected chi connectivity index (χ0v) is 22.6. The van der Waals surface area contributed by atoms with Crippen molar-refractivity contribution in [2.75, 3.05) is 18.4 Å². The number of hydrogen-bond donors (Lipinski definition) is 1. The number of nitrogens with zero attached hydrogens (tertiary/aromatic N) is 4. The van der Waals surface area contributed by atoms with Gasteiger partial charge in [-0.15, -0.1) is 11.3 Å². The second-order valence-electron chi connectivity index (χ2n) is 8.71. The fraction of sp³-hybridized carbons (Fsp3) is 0.348. The van der Waals surface area contributed by atoms with Gasteiger partial charge < -0.3 is 5.32 Å². The van der Waals surface area contributed by atoms with E-state index in [2.05, 4.69) is 36.4 Å². The minimum absolute atomic E-state index is 0.143. The van der Waals surface area contributed by atoms with E-state index >= 15 is 0 Å². The quantitative estimate of drug-likeness (QED) is 0.371. The molecule has 12 heteroatoms. The molecule has 0 bridgehead atoms. The summed E-state index contributed by atoms with van der Waals surface area (Å²) in [4.78, 5) is 17.8. The molecule has 4 aromatic rings. The van der Waals surface area contributed by atoms with Gasteiger partial charge in [-0.25, -0.2) is 13.4 Å². The lowest BCUT2D eigenvalue weighted by atomic mass is 9.97. The Labute approximate surface area is 216 Å². The van der Waals surface area contributed by atoms with Crippen molar-refractivity contribution in [3.63, 3.8) is 0 Å². The highest BCUT2D eigenvalue weighted by molar-refractivity contribution is 7.91. The molecule has 1 fully saturated rings. The lowest BCUT2D eigenvalue weighted by molar-refractivity contribution is -0.120. The summed E-state index contributed by atoms with van der Waals surface area (Å²) >= 11 is 8.48. The molecular weight excluding hydrogens is 526 g/mol. The molecule has 8 nitrogen and oxygen atoms in total. The smallest absolute Gasteiger partial charge is 0.252 e. The van der Waals surface area contributed by atoms with Gasteiger partial charge in [-0.2, -0.15) is 14.1 Å². The second-order valence-corrected chi connectivity index (χ2v) is 13.6. The third-order valence-electron chi connectivity index (χ3n) is 6.22. The van der Waals surface area contributed by atoms with Crippen LogP contribution in [-0.2, 0) is 14.8 Å². The van der Waals surface area contributed by atoms with E-state index in [0.717, 1.165) is 27.2 Å². The van der Waals surface area contributed by atoms with Gasteiger partial charge in [0.15, 0.2) is 0 Å². The van der Waals surface area contributed by atoms with Crippen molar-refractivity contribution in [1.82, 2.24) is 19.1 Å². The number of amides is 1. The van der Waals surface area contributed by atoms with Crippen LogP contribution in [0.15, 0.2) is 34.5 Å². The van der Waals surface area contributed by atoms with Gasteiger partial charge in [-0.05, 0) is 69.0 Å². The van der Waals surface area contributed by atoms with E-state index in [0.29, 0.717) is 28.1 Å². The van der Waals surface area contributed by atoms with Crippen molar-refractivity contribution in [2.24, 2.45) is 5.92 Å². The summed E-state index contributed by atoms with van der Waals surface area (Å²) in [6, 6.07) is 9.10. The highest BCUT2D eigenvalue weighted by atomic mass is 35.5. The molecule has 3 aromatic heterocycles. The molecule has 0 radical (unpaired) electrons. The monoisotopic (exact) mass is 549 g/mol. The van der Waals surface area contributed by atoms with Gasteiger partial charge in [0, 0.05) is 25.1 Å². The average Bonchev–Trinajstić information content (AvgIpc) is 3.52. The number of benzene rings is 1. The molecule has 1 aromatic carbocycles. The standard InChI is InChI=1S/C23H24ClN5O3S3/c1-13-10-17-18(11-14(13)2)33-23(25-17)29-20(12-15(3)27-29)26-22(30)16-6-8-28(9-7-16)35(31,32)21-5-4-19(24)34-21/h4-5,10-12,16H,6-9H2,1-3H3,(H,26,30). The molecule has 1 aliphatic rings. The maximum atomic E-state index is 13.1. The number of hydrogen-bond acceptors (Lipinski definition) is 7. The molecule has 1 aliphatic heterocycles. The number of fused-ring (bicyclic) bond motifs is 1. The highest BCUT2D eigenvalue weighted by Gasteiger charge is 2.33. The summed E-state index contributed by atoms with van der Waals surface area (Å²) < 4.78 is 30.5. The first-order valence-electron chi connectivity index (χ1n) is 11.1.